The Morgan fingerprint density at radius 1 is 1.50 bits per heavy atom. The van der Waals surface area contributed by atoms with Crippen LogP contribution in [0.15, 0.2) is 6.20 Å². The van der Waals surface area contributed by atoms with Gasteiger partial charge in [-0.15, -0.1) is 0 Å². The number of imidazole rings is 1. The summed E-state index contributed by atoms with van der Waals surface area (Å²) in [4.78, 5) is 3.03. The standard InChI is InChI=1S/C12H20N2O2S2/c1-12(2,3)10-7-13-11(17)14(10)8-9-5-4-6-18(9,15)16/h7,9H,4-6,8H2,1-3H3,(H,13,17). The number of rotatable bonds is 2. The smallest absolute Gasteiger partial charge is 0.177 e. The van der Waals surface area contributed by atoms with Gasteiger partial charge in [-0.2, -0.15) is 0 Å². The van der Waals surface area contributed by atoms with Crippen molar-refractivity contribution < 1.29 is 8.42 Å². The molecular formula is C12H20N2O2S2. The van der Waals surface area contributed by atoms with Crippen LogP contribution in [-0.4, -0.2) is 29.0 Å². The van der Waals surface area contributed by atoms with Gasteiger partial charge in [-0.25, -0.2) is 8.42 Å². The van der Waals surface area contributed by atoms with E-state index in [1.165, 1.54) is 0 Å². The minimum absolute atomic E-state index is 0.0457. The number of aromatic nitrogens is 2. The second-order valence-electron chi connectivity index (χ2n) is 5.97. The molecule has 2 heterocycles. The molecule has 0 spiro atoms. The first-order valence-electron chi connectivity index (χ1n) is 6.22. The Morgan fingerprint density at radius 3 is 2.67 bits per heavy atom. The second kappa shape index (κ2) is 4.49. The molecule has 0 bridgehead atoms. The second-order valence-corrected chi connectivity index (χ2v) is 8.76. The van der Waals surface area contributed by atoms with Crippen molar-refractivity contribution in [1.82, 2.24) is 9.55 Å². The molecule has 102 valence electrons. The SMILES string of the molecule is CC(C)(C)c1c[nH]c(=S)n1CC1CCCS1(=O)=O. The van der Waals surface area contributed by atoms with Crippen LogP contribution < -0.4 is 0 Å². The third-order valence-electron chi connectivity index (χ3n) is 3.49. The topological polar surface area (TPSA) is 54.9 Å². The molecule has 1 aromatic heterocycles. The van der Waals surface area contributed by atoms with Gasteiger partial charge >= 0.3 is 0 Å². The van der Waals surface area contributed by atoms with Gasteiger partial charge in [-0.1, -0.05) is 20.8 Å². The molecule has 1 fully saturated rings. The fraction of sp³-hybridized carbons (Fsp3) is 0.750. The fourth-order valence-corrected chi connectivity index (χ4v) is 4.50. The maximum atomic E-state index is 11.9. The van der Waals surface area contributed by atoms with E-state index in [0.717, 1.165) is 18.5 Å². The number of aromatic amines is 1. The lowest BCUT2D eigenvalue weighted by Crippen LogP contribution is -2.26. The van der Waals surface area contributed by atoms with Gasteiger partial charge in [-0.3, -0.25) is 0 Å². The highest BCUT2D eigenvalue weighted by Crippen LogP contribution is 2.26. The molecule has 1 aromatic rings. The number of H-pyrrole nitrogens is 1. The highest BCUT2D eigenvalue weighted by molar-refractivity contribution is 7.92. The third kappa shape index (κ3) is 2.54. The summed E-state index contributed by atoms with van der Waals surface area (Å²) < 4.78 is 26.4. The third-order valence-corrected chi connectivity index (χ3v) is 6.08. The molecule has 0 saturated carbocycles. The fourth-order valence-electron chi connectivity index (χ4n) is 2.46. The Balaban J connectivity index is 2.36. The van der Waals surface area contributed by atoms with Crippen LogP contribution in [-0.2, 0) is 21.8 Å². The summed E-state index contributed by atoms with van der Waals surface area (Å²) in [6.45, 7) is 6.79. The first-order valence-corrected chi connectivity index (χ1v) is 8.34. The van der Waals surface area contributed by atoms with E-state index in [1.807, 2.05) is 10.8 Å². The number of hydrogen-bond donors (Lipinski definition) is 1. The molecule has 1 unspecified atom stereocenters. The van der Waals surface area contributed by atoms with Crippen LogP contribution in [0.1, 0.15) is 39.3 Å². The largest absolute Gasteiger partial charge is 0.337 e. The Labute approximate surface area is 113 Å². The van der Waals surface area contributed by atoms with Crippen molar-refractivity contribution in [2.75, 3.05) is 5.75 Å². The van der Waals surface area contributed by atoms with E-state index in [4.69, 9.17) is 12.2 Å². The van der Waals surface area contributed by atoms with Crippen molar-refractivity contribution in [2.24, 2.45) is 0 Å². The Kier molecular flexibility index (Phi) is 3.44. The Morgan fingerprint density at radius 2 is 2.17 bits per heavy atom. The zero-order chi connectivity index (χ0) is 13.6. The average Bonchev–Trinajstić information content (AvgIpc) is 2.72. The molecule has 1 atom stereocenters. The van der Waals surface area contributed by atoms with E-state index in [-0.39, 0.29) is 10.7 Å². The number of nitrogens with one attached hydrogen (secondary N) is 1. The molecule has 6 heteroatoms. The van der Waals surface area contributed by atoms with E-state index >= 15 is 0 Å². The summed E-state index contributed by atoms with van der Waals surface area (Å²) in [6, 6.07) is 0. The summed E-state index contributed by atoms with van der Waals surface area (Å²) in [6.07, 6.45) is 3.42. The van der Waals surface area contributed by atoms with Gasteiger partial charge in [0.1, 0.15) is 0 Å². The lowest BCUT2D eigenvalue weighted by atomic mass is 9.92. The van der Waals surface area contributed by atoms with E-state index in [1.54, 1.807) is 0 Å². The van der Waals surface area contributed by atoms with Crippen LogP contribution in [0.4, 0.5) is 0 Å². The van der Waals surface area contributed by atoms with Gasteiger partial charge in [0.25, 0.3) is 0 Å². The minimum atomic E-state index is -2.92. The van der Waals surface area contributed by atoms with Gasteiger partial charge in [0.05, 0.1) is 11.0 Å². The molecule has 0 amide bonds. The lowest BCUT2D eigenvalue weighted by molar-refractivity contribution is 0.497. The molecule has 18 heavy (non-hydrogen) atoms. The first kappa shape index (κ1) is 13.8. The summed E-state index contributed by atoms with van der Waals surface area (Å²) >= 11 is 5.26. The molecule has 1 saturated heterocycles. The number of hydrogen-bond acceptors (Lipinski definition) is 3. The normalized spacial score (nSPS) is 23.4. The van der Waals surface area contributed by atoms with Crippen molar-refractivity contribution in [3.8, 4) is 0 Å². The van der Waals surface area contributed by atoms with E-state index in [9.17, 15) is 8.42 Å². The quantitative estimate of drug-likeness (QED) is 0.850. The zero-order valence-electron chi connectivity index (χ0n) is 11.1. The zero-order valence-corrected chi connectivity index (χ0v) is 12.7. The molecule has 0 aromatic carbocycles. The van der Waals surface area contributed by atoms with Gasteiger partial charge in [0.2, 0.25) is 0 Å². The van der Waals surface area contributed by atoms with Crippen molar-refractivity contribution in [3.05, 3.63) is 16.7 Å². The minimum Gasteiger partial charge on any atom is -0.337 e. The molecule has 2 rings (SSSR count). The van der Waals surface area contributed by atoms with Crippen LogP contribution in [0.5, 0.6) is 0 Å². The monoisotopic (exact) mass is 288 g/mol. The first-order chi connectivity index (χ1) is 8.22. The summed E-state index contributed by atoms with van der Waals surface area (Å²) in [7, 11) is -2.92. The van der Waals surface area contributed by atoms with Crippen LogP contribution in [0.25, 0.3) is 0 Å². The van der Waals surface area contributed by atoms with Crippen LogP contribution in [0.2, 0.25) is 0 Å². The maximum absolute atomic E-state index is 11.9. The highest BCUT2D eigenvalue weighted by atomic mass is 32.2. The Bertz CT molecular complexity index is 590. The van der Waals surface area contributed by atoms with Crippen molar-refractivity contribution in [3.63, 3.8) is 0 Å². The van der Waals surface area contributed by atoms with E-state index in [0.29, 0.717) is 17.1 Å². The molecule has 0 radical (unpaired) electrons. The van der Waals surface area contributed by atoms with Crippen molar-refractivity contribution in [1.29, 1.82) is 0 Å². The molecular weight excluding hydrogens is 268 g/mol. The van der Waals surface area contributed by atoms with Gasteiger partial charge in [-0.05, 0) is 25.1 Å². The number of nitrogens with zero attached hydrogens (tertiary/aromatic N) is 1. The molecule has 1 aliphatic heterocycles. The van der Waals surface area contributed by atoms with Crippen LogP contribution in [0, 0.1) is 4.77 Å². The summed E-state index contributed by atoms with van der Waals surface area (Å²) in [5, 5.41) is -0.277. The van der Waals surface area contributed by atoms with Gasteiger partial charge < -0.3 is 9.55 Å². The van der Waals surface area contributed by atoms with E-state index in [2.05, 4.69) is 25.8 Å². The molecule has 0 aliphatic carbocycles. The average molecular weight is 288 g/mol. The van der Waals surface area contributed by atoms with Crippen LogP contribution in [0.3, 0.4) is 0 Å². The number of sulfone groups is 1. The highest BCUT2D eigenvalue weighted by Gasteiger charge is 2.32. The van der Waals surface area contributed by atoms with Gasteiger partial charge in [0, 0.05) is 23.9 Å². The predicted octanol–water partition coefficient (Wildman–Crippen LogP) is 2.42. The molecule has 4 nitrogen and oxygen atoms in total. The molecule has 1 N–H and O–H groups in total. The lowest BCUT2D eigenvalue weighted by Gasteiger charge is -2.22. The maximum Gasteiger partial charge on any atom is 0.177 e. The van der Waals surface area contributed by atoms with Gasteiger partial charge in [0.15, 0.2) is 14.6 Å². The summed E-state index contributed by atoms with van der Waals surface area (Å²) in [5.74, 6) is 0.320. The predicted molar refractivity (Wildman–Crippen MR) is 75.1 cm³/mol. The molecule has 1 aliphatic rings. The van der Waals surface area contributed by atoms with E-state index < -0.39 is 9.84 Å². The Hall–Kier alpha value is -0.620. The van der Waals surface area contributed by atoms with Crippen molar-refractivity contribution >= 4 is 22.1 Å². The van der Waals surface area contributed by atoms with Crippen molar-refractivity contribution in [2.45, 2.75) is 50.8 Å². The summed E-state index contributed by atoms with van der Waals surface area (Å²) in [5.41, 5.74) is 1.02. The van der Waals surface area contributed by atoms with Crippen LogP contribution >= 0.6 is 12.2 Å².